The highest BCUT2D eigenvalue weighted by Gasteiger charge is 2.45. The maximum absolute atomic E-state index is 12.7. The van der Waals surface area contributed by atoms with Crippen molar-refractivity contribution in [3.63, 3.8) is 0 Å². The van der Waals surface area contributed by atoms with Gasteiger partial charge in [0.25, 0.3) is 0 Å². The van der Waals surface area contributed by atoms with E-state index in [1.807, 2.05) is 6.92 Å². The molecule has 0 bridgehead atoms. The summed E-state index contributed by atoms with van der Waals surface area (Å²) in [6.45, 7) is 2.31. The van der Waals surface area contributed by atoms with E-state index in [1.165, 1.54) is 0 Å². The molecule has 0 spiro atoms. The molecule has 0 radical (unpaired) electrons. The molecule has 1 saturated carbocycles. The molecule has 3 N–H and O–H groups in total. The summed E-state index contributed by atoms with van der Waals surface area (Å²) in [4.78, 5) is 39.7. The number of nitrogens with zero attached hydrogens (tertiary/aromatic N) is 1. The standard InChI is InChI=1S/C20H28N4O4/c1-3-21-20(27)24-16-10-5-4-9-15(16)23-19(26)17(24)12-18(25)22-13-7-6-8-14(11-13)28-2/h6-8,11,15-17H,3-5,9-10,12H2,1-2H3,(H,21,27)(H,22,25)(H,23,26)/t15-,16+,17+/m0/s1. The first-order valence-electron chi connectivity index (χ1n) is 9.84. The molecule has 1 aliphatic heterocycles. The quantitative estimate of drug-likeness (QED) is 0.717. The molecule has 8 heteroatoms. The number of nitrogens with one attached hydrogen (secondary N) is 3. The molecule has 1 saturated heterocycles. The lowest BCUT2D eigenvalue weighted by molar-refractivity contribution is -0.135. The van der Waals surface area contributed by atoms with Gasteiger partial charge in [-0.25, -0.2) is 4.79 Å². The molecule has 8 nitrogen and oxygen atoms in total. The smallest absolute Gasteiger partial charge is 0.318 e. The number of hydrogen-bond acceptors (Lipinski definition) is 4. The second kappa shape index (κ2) is 8.95. The van der Waals surface area contributed by atoms with Gasteiger partial charge in [-0.3, -0.25) is 9.59 Å². The molecule has 3 rings (SSSR count). The lowest BCUT2D eigenvalue weighted by atomic mass is 9.85. The van der Waals surface area contributed by atoms with Crippen molar-refractivity contribution < 1.29 is 19.1 Å². The van der Waals surface area contributed by atoms with Crippen molar-refractivity contribution in [3.05, 3.63) is 24.3 Å². The third-order valence-electron chi connectivity index (χ3n) is 5.35. The first kappa shape index (κ1) is 20.0. The summed E-state index contributed by atoms with van der Waals surface area (Å²) in [6.07, 6.45) is 3.63. The maximum Gasteiger partial charge on any atom is 0.318 e. The second-order valence-corrected chi connectivity index (χ2v) is 7.21. The molecule has 1 aromatic carbocycles. The Morgan fingerprint density at radius 1 is 1.29 bits per heavy atom. The van der Waals surface area contributed by atoms with Crippen molar-refractivity contribution >= 4 is 23.5 Å². The van der Waals surface area contributed by atoms with Gasteiger partial charge in [0.05, 0.1) is 19.6 Å². The van der Waals surface area contributed by atoms with Crippen LogP contribution in [-0.4, -0.2) is 54.5 Å². The number of carbonyl (C=O) groups excluding carboxylic acids is 3. The van der Waals surface area contributed by atoms with Crippen LogP contribution < -0.4 is 20.7 Å². The van der Waals surface area contributed by atoms with Crippen molar-refractivity contribution in [3.8, 4) is 5.75 Å². The number of piperazine rings is 1. The summed E-state index contributed by atoms with van der Waals surface area (Å²) in [5.41, 5.74) is 0.584. The minimum absolute atomic E-state index is 0.0402. The van der Waals surface area contributed by atoms with Crippen LogP contribution in [0.1, 0.15) is 39.0 Å². The van der Waals surface area contributed by atoms with Crippen LogP contribution in [0, 0.1) is 0 Å². The van der Waals surface area contributed by atoms with Crippen molar-refractivity contribution in [1.29, 1.82) is 0 Å². The van der Waals surface area contributed by atoms with Crippen LogP contribution >= 0.6 is 0 Å². The Balaban J connectivity index is 1.75. The maximum atomic E-state index is 12.7. The Bertz CT molecular complexity index is 739. The van der Waals surface area contributed by atoms with Crippen molar-refractivity contribution in [2.75, 3.05) is 19.0 Å². The van der Waals surface area contributed by atoms with Gasteiger partial charge in [-0.2, -0.15) is 0 Å². The molecule has 0 aromatic heterocycles. The van der Waals surface area contributed by atoms with Gasteiger partial charge in [-0.15, -0.1) is 0 Å². The predicted octanol–water partition coefficient (Wildman–Crippen LogP) is 1.86. The molecule has 28 heavy (non-hydrogen) atoms. The number of rotatable bonds is 5. The molecule has 0 unspecified atom stereocenters. The van der Waals surface area contributed by atoms with Gasteiger partial charge in [-0.05, 0) is 31.9 Å². The summed E-state index contributed by atoms with van der Waals surface area (Å²) < 4.78 is 5.16. The highest BCUT2D eigenvalue weighted by molar-refractivity contribution is 5.97. The minimum Gasteiger partial charge on any atom is -0.497 e. The molecular formula is C20H28N4O4. The van der Waals surface area contributed by atoms with Gasteiger partial charge in [0, 0.05) is 24.3 Å². The van der Waals surface area contributed by atoms with Gasteiger partial charge in [0.2, 0.25) is 11.8 Å². The Kier molecular flexibility index (Phi) is 6.38. The summed E-state index contributed by atoms with van der Waals surface area (Å²) >= 11 is 0. The lowest BCUT2D eigenvalue weighted by Gasteiger charge is -2.47. The summed E-state index contributed by atoms with van der Waals surface area (Å²) in [7, 11) is 1.55. The third kappa shape index (κ3) is 4.37. The summed E-state index contributed by atoms with van der Waals surface area (Å²) in [5.74, 6) is 0.0364. The van der Waals surface area contributed by atoms with E-state index >= 15 is 0 Å². The van der Waals surface area contributed by atoms with E-state index in [0.717, 1.165) is 25.7 Å². The number of carbonyl (C=O) groups is 3. The monoisotopic (exact) mass is 388 g/mol. The molecule has 1 aliphatic carbocycles. The number of benzene rings is 1. The highest BCUT2D eigenvalue weighted by Crippen LogP contribution is 2.29. The molecule has 152 valence electrons. The number of hydrogen-bond donors (Lipinski definition) is 3. The highest BCUT2D eigenvalue weighted by atomic mass is 16.5. The topological polar surface area (TPSA) is 99.8 Å². The van der Waals surface area contributed by atoms with Gasteiger partial charge >= 0.3 is 6.03 Å². The first-order chi connectivity index (χ1) is 13.5. The zero-order valence-electron chi connectivity index (χ0n) is 16.4. The normalized spacial score (nSPS) is 24.0. The van der Waals surface area contributed by atoms with Crippen LogP contribution in [-0.2, 0) is 9.59 Å². The largest absolute Gasteiger partial charge is 0.497 e. The molecule has 1 aromatic rings. The average molecular weight is 388 g/mol. The number of ether oxygens (including phenoxy) is 1. The van der Waals surface area contributed by atoms with Crippen LogP contribution in [0.25, 0.3) is 0 Å². The Morgan fingerprint density at radius 3 is 2.82 bits per heavy atom. The zero-order chi connectivity index (χ0) is 20.1. The van der Waals surface area contributed by atoms with E-state index in [0.29, 0.717) is 18.0 Å². The molecule has 2 fully saturated rings. The van der Waals surface area contributed by atoms with E-state index in [4.69, 9.17) is 4.74 Å². The van der Waals surface area contributed by atoms with E-state index in [-0.39, 0.29) is 36.3 Å². The predicted molar refractivity (Wildman–Crippen MR) is 105 cm³/mol. The fourth-order valence-electron chi connectivity index (χ4n) is 4.06. The van der Waals surface area contributed by atoms with Gasteiger partial charge in [0.1, 0.15) is 11.8 Å². The third-order valence-corrected chi connectivity index (χ3v) is 5.35. The number of methoxy groups -OCH3 is 1. The summed E-state index contributed by atoms with van der Waals surface area (Å²) in [5, 5.41) is 8.61. The van der Waals surface area contributed by atoms with Crippen LogP contribution in [0.4, 0.5) is 10.5 Å². The molecular weight excluding hydrogens is 360 g/mol. The van der Waals surface area contributed by atoms with Crippen LogP contribution in [0.3, 0.4) is 0 Å². The van der Waals surface area contributed by atoms with Crippen LogP contribution in [0.5, 0.6) is 5.75 Å². The molecule has 1 heterocycles. The minimum atomic E-state index is -0.823. The summed E-state index contributed by atoms with van der Waals surface area (Å²) in [6, 6.07) is 5.79. The molecule has 4 amide bonds. The lowest BCUT2D eigenvalue weighted by Crippen LogP contribution is -2.69. The van der Waals surface area contributed by atoms with Crippen molar-refractivity contribution in [2.24, 2.45) is 0 Å². The number of urea groups is 1. The van der Waals surface area contributed by atoms with E-state index < -0.39 is 6.04 Å². The Morgan fingerprint density at radius 2 is 2.07 bits per heavy atom. The van der Waals surface area contributed by atoms with Crippen LogP contribution in [0.2, 0.25) is 0 Å². The SMILES string of the molecule is CCNC(=O)N1[C@H](CC(=O)Nc2cccc(OC)c2)C(=O)N[C@H]2CCCC[C@H]21. The number of amides is 4. The molecule has 2 aliphatic rings. The van der Waals surface area contributed by atoms with Crippen molar-refractivity contribution in [2.45, 2.75) is 57.2 Å². The van der Waals surface area contributed by atoms with Crippen LogP contribution in [0.15, 0.2) is 24.3 Å². The second-order valence-electron chi connectivity index (χ2n) is 7.21. The fourth-order valence-corrected chi connectivity index (χ4v) is 4.06. The van der Waals surface area contributed by atoms with E-state index in [2.05, 4.69) is 16.0 Å². The first-order valence-corrected chi connectivity index (χ1v) is 9.84. The van der Waals surface area contributed by atoms with E-state index in [1.54, 1.807) is 36.3 Å². The Labute approximate surface area is 165 Å². The zero-order valence-corrected chi connectivity index (χ0v) is 16.4. The van der Waals surface area contributed by atoms with E-state index in [9.17, 15) is 14.4 Å². The van der Waals surface area contributed by atoms with Gasteiger partial charge < -0.3 is 25.6 Å². The van der Waals surface area contributed by atoms with Gasteiger partial charge in [-0.1, -0.05) is 18.9 Å². The number of fused-ring (bicyclic) bond motifs is 1. The number of anilines is 1. The Hall–Kier alpha value is -2.77. The fraction of sp³-hybridized carbons (Fsp3) is 0.550. The van der Waals surface area contributed by atoms with Gasteiger partial charge in [0.15, 0.2) is 0 Å². The molecule has 3 atom stereocenters. The van der Waals surface area contributed by atoms with Crippen molar-refractivity contribution in [1.82, 2.24) is 15.5 Å². The average Bonchev–Trinajstić information content (AvgIpc) is 2.68.